The van der Waals surface area contributed by atoms with Crippen LogP contribution in [0.1, 0.15) is 31.0 Å². The summed E-state index contributed by atoms with van der Waals surface area (Å²) < 4.78 is 14.7. The first-order valence-corrected chi connectivity index (χ1v) is 6.00. The van der Waals surface area contributed by atoms with E-state index in [1.165, 1.54) is 12.1 Å². The van der Waals surface area contributed by atoms with Crippen LogP contribution in [0.4, 0.5) is 4.39 Å². The van der Waals surface area contributed by atoms with Crippen LogP contribution < -0.4 is 0 Å². The summed E-state index contributed by atoms with van der Waals surface area (Å²) in [4.78, 5) is 8.09. The fraction of sp³-hybridized carbons (Fsp3) is 0.385. The fourth-order valence-electron chi connectivity index (χ4n) is 1.84. The number of pyridine rings is 1. The van der Waals surface area contributed by atoms with Gasteiger partial charge < -0.3 is 9.67 Å². The molecule has 96 valence electrons. The third-order valence-electron chi connectivity index (χ3n) is 2.73. The molecule has 2 aromatic rings. The SMILES string of the molecule is CCCn1ccnc1CC(O)c1ccc(F)cn1. The monoisotopic (exact) mass is 249 g/mol. The first-order valence-electron chi connectivity index (χ1n) is 6.00. The van der Waals surface area contributed by atoms with Gasteiger partial charge in [-0.25, -0.2) is 9.37 Å². The summed E-state index contributed by atoms with van der Waals surface area (Å²) >= 11 is 0. The van der Waals surface area contributed by atoms with E-state index in [2.05, 4.69) is 16.9 Å². The number of aromatic nitrogens is 3. The second kappa shape index (κ2) is 5.73. The average Bonchev–Trinajstić information content (AvgIpc) is 2.78. The number of aliphatic hydroxyl groups is 1. The van der Waals surface area contributed by atoms with Crippen LogP contribution in [0.25, 0.3) is 0 Å². The predicted molar refractivity (Wildman–Crippen MR) is 65.4 cm³/mol. The van der Waals surface area contributed by atoms with Crippen LogP contribution in [0.15, 0.2) is 30.7 Å². The van der Waals surface area contributed by atoms with Crippen molar-refractivity contribution in [3.8, 4) is 0 Å². The van der Waals surface area contributed by atoms with Gasteiger partial charge in [0.15, 0.2) is 0 Å². The number of hydrogen-bond acceptors (Lipinski definition) is 3. The molecule has 5 heteroatoms. The van der Waals surface area contributed by atoms with E-state index in [4.69, 9.17) is 0 Å². The molecule has 0 spiro atoms. The minimum atomic E-state index is -0.761. The Bertz CT molecular complexity index is 495. The number of halogens is 1. The lowest BCUT2D eigenvalue weighted by molar-refractivity contribution is 0.169. The number of aryl methyl sites for hydroxylation is 1. The van der Waals surface area contributed by atoms with Gasteiger partial charge in [0.1, 0.15) is 17.7 Å². The summed E-state index contributed by atoms with van der Waals surface area (Å²) in [7, 11) is 0. The predicted octanol–water partition coefficient (Wildman–Crippen LogP) is 2.10. The maximum atomic E-state index is 12.7. The van der Waals surface area contributed by atoms with Crippen molar-refractivity contribution in [2.24, 2.45) is 0 Å². The first kappa shape index (κ1) is 12.7. The van der Waals surface area contributed by atoms with Crippen molar-refractivity contribution < 1.29 is 9.50 Å². The number of hydrogen-bond donors (Lipinski definition) is 1. The lowest BCUT2D eigenvalue weighted by Gasteiger charge is -2.11. The van der Waals surface area contributed by atoms with Crippen LogP contribution in [-0.2, 0) is 13.0 Å². The molecule has 0 bridgehead atoms. The Balaban J connectivity index is 2.08. The molecule has 2 rings (SSSR count). The molecule has 4 nitrogen and oxygen atoms in total. The summed E-state index contributed by atoms with van der Waals surface area (Å²) in [6.45, 7) is 2.96. The molecule has 0 saturated heterocycles. The normalized spacial score (nSPS) is 12.6. The molecular weight excluding hydrogens is 233 g/mol. The second-order valence-corrected chi connectivity index (χ2v) is 4.16. The Morgan fingerprint density at radius 1 is 1.39 bits per heavy atom. The largest absolute Gasteiger partial charge is 0.386 e. The van der Waals surface area contributed by atoms with Gasteiger partial charge in [0.25, 0.3) is 0 Å². The van der Waals surface area contributed by atoms with E-state index in [-0.39, 0.29) is 0 Å². The molecule has 2 heterocycles. The van der Waals surface area contributed by atoms with Crippen molar-refractivity contribution in [2.75, 3.05) is 0 Å². The molecular formula is C13H16FN3O. The van der Waals surface area contributed by atoms with E-state index in [1.807, 2.05) is 10.8 Å². The van der Waals surface area contributed by atoms with Gasteiger partial charge in [-0.3, -0.25) is 4.98 Å². The van der Waals surface area contributed by atoms with Gasteiger partial charge in [0, 0.05) is 25.4 Å². The highest BCUT2D eigenvalue weighted by Crippen LogP contribution is 2.15. The van der Waals surface area contributed by atoms with Gasteiger partial charge >= 0.3 is 0 Å². The summed E-state index contributed by atoms with van der Waals surface area (Å²) in [5.41, 5.74) is 0.461. The molecule has 0 aliphatic heterocycles. The minimum absolute atomic E-state index is 0.381. The molecule has 0 amide bonds. The van der Waals surface area contributed by atoms with E-state index in [9.17, 15) is 9.50 Å². The average molecular weight is 249 g/mol. The van der Waals surface area contributed by atoms with Gasteiger partial charge in [-0.05, 0) is 18.6 Å². The van der Waals surface area contributed by atoms with Crippen molar-refractivity contribution in [3.05, 3.63) is 48.1 Å². The standard InChI is InChI=1S/C13H16FN3O/c1-2-6-17-7-5-15-13(17)8-12(18)11-4-3-10(14)9-16-11/h3-5,7,9,12,18H,2,6,8H2,1H3. The molecule has 0 saturated carbocycles. The van der Waals surface area contributed by atoms with E-state index in [1.54, 1.807) is 6.20 Å². The van der Waals surface area contributed by atoms with Crippen molar-refractivity contribution in [1.82, 2.24) is 14.5 Å². The number of rotatable bonds is 5. The summed E-state index contributed by atoms with van der Waals surface area (Å²) in [6, 6.07) is 2.79. The molecule has 1 N–H and O–H groups in total. The highest BCUT2D eigenvalue weighted by atomic mass is 19.1. The third-order valence-corrected chi connectivity index (χ3v) is 2.73. The molecule has 0 aliphatic rings. The Morgan fingerprint density at radius 3 is 2.89 bits per heavy atom. The van der Waals surface area contributed by atoms with E-state index in [0.717, 1.165) is 25.0 Å². The van der Waals surface area contributed by atoms with Gasteiger partial charge in [0.05, 0.1) is 11.9 Å². The van der Waals surface area contributed by atoms with Crippen molar-refractivity contribution in [3.63, 3.8) is 0 Å². The van der Waals surface area contributed by atoms with E-state index in [0.29, 0.717) is 12.1 Å². The summed E-state index contributed by atoms with van der Waals surface area (Å²) in [5.74, 6) is 0.411. The lowest BCUT2D eigenvalue weighted by atomic mass is 10.1. The smallest absolute Gasteiger partial charge is 0.141 e. The van der Waals surface area contributed by atoms with Crippen LogP contribution in [-0.4, -0.2) is 19.6 Å². The lowest BCUT2D eigenvalue weighted by Crippen LogP contribution is -2.10. The molecule has 0 fully saturated rings. The van der Waals surface area contributed by atoms with Gasteiger partial charge in [0.2, 0.25) is 0 Å². The zero-order chi connectivity index (χ0) is 13.0. The van der Waals surface area contributed by atoms with Crippen molar-refractivity contribution in [2.45, 2.75) is 32.4 Å². The van der Waals surface area contributed by atoms with Crippen LogP contribution in [0.2, 0.25) is 0 Å². The Morgan fingerprint density at radius 2 is 2.22 bits per heavy atom. The molecule has 1 unspecified atom stereocenters. The topological polar surface area (TPSA) is 50.9 Å². The third kappa shape index (κ3) is 2.92. The zero-order valence-corrected chi connectivity index (χ0v) is 10.3. The Labute approximate surface area is 105 Å². The van der Waals surface area contributed by atoms with Crippen molar-refractivity contribution >= 4 is 0 Å². The minimum Gasteiger partial charge on any atom is -0.386 e. The highest BCUT2D eigenvalue weighted by molar-refractivity contribution is 5.10. The van der Waals surface area contributed by atoms with Crippen LogP contribution in [0.3, 0.4) is 0 Å². The first-order chi connectivity index (χ1) is 8.70. The molecule has 0 aromatic carbocycles. The highest BCUT2D eigenvalue weighted by Gasteiger charge is 2.13. The second-order valence-electron chi connectivity index (χ2n) is 4.16. The van der Waals surface area contributed by atoms with E-state index >= 15 is 0 Å². The van der Waals surface area contributed by atoms with Crippen LogP contribution >= 0.6 is 0 Å². The maximum absolute atomic E-state index is 12.7. The van der Waals surface area contributed by atoms with Crippen LogP contribution in [0.5, 0.6) is 0 Å². The quantitative estimate of drug-likeness (QED) is 0.882. The Kier molecular flexibility index (Phi) is 4.04. The maximum Gasteiger partial charge on any atom is 0.141 e. The van der Waals surface area contributed by atoms with Crippen molar-refractivity contribution in [1.29, 1.82) is 0 Å². The molecule has 0 radical (unpaired) electrons. The molecule has 2 aromatic heterocycles. The van der Waals surface area contributed by atoms with Crippen LogP contribution in [0, 0.1) is 5.82 Å². The van der Waals surface area contributed by atoms with Gasteiger partial charge in [-0.15, -0.1) is 0 Å². The van der Waals surface area contributed by atoms with Gasteiger partial charge in [-0.1, -0.05) is 6.92 Å². The number of nitrogens with zero attached hydrogens (tertiary/aromatic N) is 3. The Hall–Kier alpha value is -1.75. The summed E-state index contributed by atoms with van der Waals surface area (Å²) in [5, 5.41) is 10.0. The molecule has 1 atom stereocenters. The zero-order valence-electron chi connectivity index (χ0n) is 10.3. The molecule has 0 aliphatic carbocycles. The fourth-order valence-corrected chi connectivity index (χ4v) is 1.84. The van der Waals surface area contributed by atoms with E-state index < -0.39 is 11.9 Å². The van der Waals surface area contributed by atoms with Gasteiger partial charge in [-0.2, -0.15) is 0 Å². The summed E-state index contributed by atoms with van der Waals surface area (Å²) in [6.07, 6.45) is 5.35. The molecule has 18 heavy (non-hydrogen) atoms. The number of aliphatic hydroxyl groups excluding tert-OH is 1. The number of imidazole rings is 1.